The van der Waals surface area contributed by atoms with E-state index in [4.69, 9.17) is 0 Å². The highest BCUT2D eigenvalue weighted by atomic mass is 79.9. The maximum atomic E-state index is 4.11. The fourth-order valence-corrected chi connectivity index (χ4v) is 1.97. The third kappa shape index (κ3) is 2.18. The third-order valence-corrected chi connectivity index (χ3v) is 2.96. The van der Waals surface area contributed by atoms with Gasteiger partial charge in [0.2, 0.25) is 0 Å². The molecule has 0 aliphatic rings. The summed E-state index contributed by atoms with van der Waals surface area (Å²) in [5.41, 5.74) is 3.28. The lowest BCUT2D eigenvalue weighted by molar-refractivity contribution is 1.52. The quantitative estimate of drug-likeness (QED) is 0.752. The van der Waals surface area contributed by atoms with E-state index >= 15 is 0 Å². The molecule has 0 nitrogen and oxygen atoms in total. The average molecular weight is 258 g/mol. The lowest BCUT2D eigenvalue weighted by Gasteiger charge is -2.07. The number of hydrogen-bond acceptors (Lipinski definition) is 0. The van der Waals surface area contributed by atoms with Crippen molar-refractivity contribution in [2.24, 2.45) is 0 Å². The Kier molecular flexibility index (Phi) is 3.02. The minimum Gasteiger partial charge on any atom is -0.0905 e. The van der Waals surface area contributed by atoms with Gasteiger partial charge < -0.3 is 0 Å². The van der Waals surface area contributed by atoms with Crippen LogP contribution in [0, 0.1) is 6.07 Å². The lowest BCUT2D eigenvalue weighted by Crippen LogP contribution is -1.86. The molecule has 73 valence electrons. The highest BCUT2D eigenvalue weighted by Crippen LogP contribution is 2.27. The van der Waals surface area contributed by atoms with E-state index in [9.17, 15) is 0 Å². The standard InChI is InChI=1S/C14H10Br/c1-11(12-7-3-2-4-8-12)13-9-5-6-10-14(13)15/h3-10H,1H2. The van der Waals surface area contributed by atoms with Crippen molar-refractivity contribution >= 4 is 21.5 Å². The first-order valence-electron chi connectivity index (χ1n) is 4.69. The number of rotatable bonds is 2. The van der Waals surface area contributed by atoms with Crippen LogP contribution in [0.5, 0.6) is 0 Å². The first-order valence-corrected chi connectivity index (χ1v) is 5.48. The molecule has 1 heteroatoms. The second-order valence-electron chi connectivity index (χ2n) is 3.25. The molecule has 0 saturated heterocycles. The van der Waals surface area contributed by atoms with Crippen molar-refractivity contribution in [1.82, 2.24) is 0 Å². The smallest absolute Gasteiger partial charge is 0.0253 e. The summed E-state index contributed by atoms with van der Waals surface area (Å²) >= 11 is 3.53. The Labute approximate surface area is 98.4 Å². The highest BCUT2D eigenvalue weighted by Gasteiger charge is 2.04. The van der Waals surface area contributed by atoms with Gasteiger partial charge in [-0.2, -0.15) is 0 Å². The van der Waals surface area contributed by atoms with E-state index in [0.717, 1.165) is 21.2 Å². The summed E-state index contributed by atoms with van der Waals surface area (Å²) in [5, 5.41) is 0. The summed E-state index contributed by atoms with van der Waals surface area (Å²) in [6.07, 6.45) is 0. The largest absolute Gasteiger partial charge is 0.0905 e. The molecule has 0 aromatic heterocycles. The van der Waals surface area contributed by atoms with E-state index in [1.165, 1.54) is 0 Å². The van der Waals surface area contributed by atoms with Gasteiger partial charge in [-0.15, -0.1) is 0 Å². The molecule has 2 rings (SSSR count). The minimum absolute atomic E-state index is 1.02. The molecule has 0 spiro atoms. The van der Waals surface area contributed by atoms with Gasteiger partial charge in [-0.05, 0) is 28.8 Å². The summed E-state index contributed by atoms with van der Waals surface area (Å²) in [6.45, 7) is 4.11. The highest BCUT2D eigenvalue weighted by molar-refractivity contribution is 9.10. The van der Waals surface area contributed by atoms with Crippen molar-refractivity contribution in [1.29, 1.82) is 0 Å². The second kappa shape index (κ2) is 4.45. The van der Waals surface area contributed by atoms with Crippen LogP contribution in [0.2, 0.25) is 0 Å². The van der Waals surface area contributed by atoms with Gasteiger partial charge in [-0.3, -0.25) is 0 Å². The SMILES string of the molecule is C=C(c1cc[c]cc1)c1ccccc1Br. The van der Waals surface area contributed by atoms with Crippen molar-refractivity contribution in [3.8, 4) is 0 Å². The van der Waals surface area contributed by atoms with Crippen molar-refractivity contribution in [3.63, 3.8) is 0 Å². The molecule has 0 heterocycles. The maximum absolute atomic E-state index is 4.11. The van der Waals surface area contributed by atoms with E-state index in [2.05, 4.69) is 34.6 Å². The molecule has 15 heavy (non-hydrogen) atoms. The van der Waals surface area contributed by atoms with Gasteiger partial charge in [-0.1, -0.05) is 65.0 Å². The molecule has 0 unspecified atom stereocenters. The molecule has 0 aliphatic carbocycles. The second-order valence-corrected chi connectivity index (χ2v) is 4.10. The Morgan fingerprint density at radius 1 is 1.07 bits per heavy atom. The van der Waals surface area contributed by atoms with Gasteiger partial charge in [-0.25, -0.2) is 0 Å². The van der Waals surface area contributed by atoms with E-state index in [-0.39, 0.29) is 0 Å². The fraction of sp³-hybridized carbons (Fsp3) is 0. The number of hydrogen-bond donors (Lipinski definition) is 0. The van der Waals surface area contributed by atoms with Crippen LogP contribution >= 0.6 is 15.9 Å². The van der Waals surface area contributed by atoms with Crippen LogP contribution in [0.15, 0.2) is 59.6 Å². The molecule has 0 fully saturated rings. The van der Waals surface area contributed by atoms with E-state index in [1.54, 1.807) is 0 Å². The van der Waals surface area contributed by atoms with E-state index in [0.29, 0.717) is 0 Å². The molecule has 2 aromatic carbocycles. The lowest BCUT2D eigenvalue weighted by atomic mass is 10.00. The fourth-order valence-electron chi connectivity index (χ4n) is 1.45. The van der Waals surface area contributed by atoms with Crippen molar-refractivity contribution in [2.45, 2.75) is 0 Å². The topological polar surface area (TPSA) is 0 Å². The van der Waals surface area contributed by atoms with Crippen molar-refractivity contribution in [3.05, 3.63) is 76.8 Å². The molecule has 1 radical (unpaired) electrons. The van der Waals surface area contributed by atoms with Crippen LogP contribution < -0.4 is 0 Å². The van der Waals surface area contributed by atoms with Crippen LogP contribution in [0.1, 0.15) is 11.1 Å². The van der Waals surface area contributed by atoms with Crippen LogP contribution in [-0.2, 0) is 0 Å². The van der Waals surface area contributed by atoms with Gasteiger partial charge in [0.1, 0.15) is 0 Å². The number of benzene rings is 2. The Balaban J connectivity index is 2.42. The Hall–Kier alpha value is -1.34. The average Bonchev–Trinajstić information content (AvgIpc) is 2.30. The molecule has 0 amide bonds. The summed E-state index contributed by atoms with van der Waals surface area (Å²) in [7, 11) is 0. The predicted octanol–water partition coefficient (Wildman–Crippen LogP) is 4.31. The summed E-state index contributed by atoms with van der Waals surface area (Å²) in [5.74, 6) is 0. The zero-order valence-electron chi connectivity index (χ0n) is 8.20. The summed E-state index contributed by atoms with van der Waals surface area (Å²) in [6, 6.07) is 18.9. The van der Waals surface area contributed by atoms with Gasteiger partial charge in [0.25, 0.3) is 0 Å². The van der Waals surface area contributed by atoms with Crippen molar-refractivity contribution < 1.29 is 0 Å². The zero-order chi connectivity index (χ0) is 10.7. The predicted molar refractivity (Wildman–Crippen MR) is 67.6 cm³/mol. The Morgan fingerprint density at radius 2 is 1.73 bits per heavy atom. The van der Waals surface area contributed by atoms with Gasteiger partial charge in [0.15, 0.2) is 0 Å². The summed E-state index contributed by atoms with van der Waals surface area (Å²) in [4.78, 5) is 0. The molecule has 0 N–H and O–H groups in total. The van der Waals surface area contributed by atoms with E-state index in [1.807, 2.05) is 42.5 Å². The minimum atomic E-state index is 1.02. The molecule has 2 aromatic rings. The number of halogens is 1. The first kappa shape index (κ1) is 10.2. The monoisotopic (exact) mass is 257 g/mol. The molecule has 0 bridgehead atoms. The van der Waals surface area contributed by atoms with E-state index < -0.39 is 0 Å². The summed E-state index contributed by atoms with van der Waals surface area (Å²) < 4.78 is 1.07. The maximum Gasteiger partial charge on any atom is 0.0253 e. The first-order chi connectivity index (χ1) is 7.29. The normalized spacial score (nSPS) is 9.93. The van der Waals surface area contributed by atoms with Crippen LogP contribution in [0.4, 0.5) is 0 Å². The third-order valence-electron chi connectivity index (χ3n) is 2.27. The van der Waals surface area contributed by atoms with Gasteiger partial charge >= 0.3 is 0 Å². The van der Waals surface area contributed by atoms with Crippen LogP contribution in [-0.4, -0.2) is 0 Å². The van der Waals surface area contributed by atoms with Crippen molar-refractivity contribution in [2.75, 3.05) is 0 Å². The van der Waals surface area contributed by atoms with Crippen LogP contribution in [0.25, 0.3) is 5.57 Å². The molecule has 0 saturated carbocycles. The zero-order valence-corrected chi connectivity index (χ0v) is 9.79. The molecular formula is C14H10Br. The van der Waals surface area contributed by atoms with Crippen LogP contribution in [0.3, 0.4) is 0 Å². The Bertz CT molecular complexity index is 472. The molecule has 0 aliphatic heterocycles. The van der Waals surface area contributed by atoms with Gasteiger partial charge in [0.05, 0.1) is 0 Å². The molecule has 0 atom stereocenters. The Morgan fingerprint density at radius 3 is 2.40 bits per heavy atom. The molecular weight excluding hydrogens is 248 g/mol. The van der Waals surface area contributed by atoms with Gasteiger partial charge in [0, 0.05) is 4.47 Å².